The van der Waals surface area contributed by atoms with Crippen molar-refractivity contribution in [3.63, 3.8) is 0 Å². The number of carbonyl (C=O) groups is 1. The van der Waals surface area contributed by atoms with Crippen LogP contribution in [0.25, 0.3) is 22.4 Å². The number of hydrogen-bond donors (Lipinski definition) is 5. The number of sulfone groups is 1. The fourth-order valence-corrected chi connectivity index (χ4v) is 11.9. The van der Waals surface area contributed by atoms with Gasteiger partial charge >= 0.3 is 13.8 Å². The maximum atomic E-state index is 13.7. The number of phosphoric acid groups is 1. The first-order valence-electron chi connectivity index (χ1n) is 21.6. The third-order valence-corrected chi connectivity index (χ3v) is 16.0. The zero-order valence-electron chi connectivity index (χ0n) is 37.7. The fourth-order valence-electron chi connectivity index (χ4n) is 8.36. The van der Waals surface area contributed by atoms with Crippen LogP contribution >= 0.6 is 31.2 Å². The number of benzene rings is 5. The molecule has 1 aliphatic rings. The van der Waals surface area contributed by atoms with Gasteiger partial charge in [0.15, 0.2) is 9.84 Å². The third-order valence-electron chi connectivity index (χ3n) is 11.5. The number of carboxylic acids is 1. The van der Waals surface area contributed by atoms with Crippen molar-refractivity contribution in [2.45, 2.75) is 54.0 Å². The number of aromatic nitrogens is 1. The molecule has 20 heteroatoms. The van der Waals surface area contributed by atoms with E-state index in [-0.39, 0.29) is 45.8 Å². The predicted molar refractivity (Wildman–Crippen MR) is 271 cm³/mol. The highest BCUT2D eigenvalue weighted by Gasteiger charge is 2.29. The zero-order chi connectivity index (χ0) is 49.0. The molecule has 1 aliphatic heterocycles. The van der Waals surface area contributed by atoms with E-state index in [4.69, 9.17) is 11.6 Å². The highest BCUT2D eigenvalue weighted by Crippen LogP contribution is 2.43. The molecule has 0 aliphatic carbocycles. The second kappa shape index (κ2) is 21.1. The van der Waals surface area contributed by atoms with Crippen LogP contribution in [0, 0.1) is 6.92 Å². The average molecular weight is 1020 g/mol. The Bertz CT molecular complexity index is 3030. The Balaban J connectivity index is 1.04. The molecule has 360 valence electrons. The Hall–Kier alpha value is -5.30. The number of halogens is 1. The lowest BCUT2D eigenvalue weighted by molar-refractivity contribution is 0.0696. The van der Waals surface area contributed by atoms with Gasteiger partial charge in [-0.25, -0.2) is 26.2 Å². The topological polar surface area (TPSA) is 208 Å². The molecule has 0 bridgehead atoms. The van der Waals surface area contributed by atoms with E-state index in [0.29, 0.717) is 48.2 Å². The lowest BCUT2D eigenvalue weighted by Crippen LogP contribution is -2.46. The first-order chi connectivity index (χ1) is 32.2. The largest absolute Gasteiger partial charge is 0.478 e. The molecule has 0 spiro atoms. The molecule has 1 fully saturated rings. The Morgan fingerprint density at radius 1 is 0.824 bits per heavy atom. The lowest BCUT2D eigenvalue weighted by Gasteiger charge is -2.37. The smallest absolute Gasteiger partial charge is 0.469 e. The molecule has 0 unspecified atom stereocenters. The van der Waals surface area contributed by atoms with E-state index >= 15 is 0 Å². The summed E-state index contributed by atoms with van der Waals surface area (Å²) in [5, 5.41) is 14.2. The first kappa shape index (κ1) is 50.6. The second-order valence-corrected chi connectivity index (χ2v) is 23.1. The summed E-state index contributed by atoms with van der Waals surface area (Å²) in [5.74, 6) is -0.627. The minimum absolute atomic E-state index is 0.00932. The number of carboxylic acid groups (broad SMARTS) is 1. The Morgan fingerprint density at radius 3 is 2.07 bits per heavy atom. The number of rotatable bonds is 19. The number of aromatic carboxylic acids is 1. The number of sulfonamides is 1. The molecule has 1 aromatic heterocycles. The van der Waals surface area contributed by atoms with Gasteiger partial charge in [-0.15, -0.1) is 11.8 Å². The van der Waals surface area contributed by atoms with Crippen molar-refractivity contribution in [2.75, 3.05) is 64.6 Å². The van der Waals surface area contributed by atoms with E-state index in [2.05, 4.69) is 28.9 Å². The summed E-state index contributed by atoms with van der Waals surface area (Å²) in [6, 6.07) is 34.9. The first-order valence-corrected chi connectivity index (χ1v) is 27.9. The molecule has 6 aromatic rings. The van der Waals surface area contributed by atoms with Gasteiger partial charge in [-0.3, -0.25) is 9.25 Å². The third kappa shape index (κ3) is 12.3. The van der Waals surface area contributed by atoms with Crippen molar-refractivity contribution >= 4 is 79.8 Å². The molecule has 1 atom stereocenters. The van der Waals surface area contributed by atoms with Crippen LogP contribution in [0.1, 0.15) is 42.4 Å². The fraction of sp³-hybridized carbons (Fsp3) is 0.271. The molecule has 0 amide bonds. The number of thioether (sulfide) groups is 1. The number of phosphoric ester groups is 1. The normalized spacial score (nSPS) is 14.0. The van der Waals surface area contributed by atoms with Crippen molar-refractivity contribution in [3.8, 4) is 22.4 Å². The van der Waals surface area contributed by atoms with Crippen LogP contribution in [0.5, 0.6) is 0 Å². The van der Waals surface area contributed by atoms with Crippen LogP contribution in [-0.4, -0.2) is 93.1 Å². The van der Waals surface area contributed by atoms with E-state index in [9.17, 15) is 41.1 Å². The Labute approximate surface area is 406 Å². The molecule has 0 saturated carbocycles. The number of hydrogen-bond acceptors (Lipinski definition) is 11. The molecule has 1 saturated heterocycles. The molecule has 68 heavy (non-hydrogen) atoms. The number of piperazine rings is 1. The maximum Gasteiger partial charge on any atom is 0.469 e. The van der Waals surface area contributed by atoms with Crippen molar-refractivity contribution in [1.29, 1.82) is 0 Å². The van der Waals surface area contributed by atoms with Gasteiger partial charge in [0.05, 0.1) is 33.3 Å². The van der Waals surface area contributed by atoms with Crippen molar-refractivity contribution < 1.29 is 45.6 Å². The summed E-state index contributed by atoms with van der Waals surface area (Å²) in [7, 11) is -13.0. The molecule has 5 aromatic carbocycles. The van der Waals surface area contributed by atoms with Gasteiger partial charge in [-0.1, -0.05) is 54.1 Å². The van der Waals surface area contributed by atoms with Crippen LogP contribution in [0.15, 0.2) is 136 Å². The summed E-state index contributed by atoms with van der Waals surface area (Å²) in [6.07, 6.45) is 1.08. The van der Waals surface area contributed by atoms with Crippen LogP contribution in [-0.2, 0) is 28.9 Å². The molecule has 0 radical (unpaired) electrons. The standard InChI is InChI=1S/C48H53ClN5O10PS3/c1-32(2)54-33(3)45(48(55)56)46(47(54)34-13-15-36(49)16-14-34)35-9-8-10-40(29-35)53-26-24-52(25-27-53)39-19-17-37(18-20-39)51-68(62,63)42-21-22-43(44(30-42)67(4,60)61)50-38(23-28-64-65(57,58)59)31-66-41-11-6-5-7-12-41/h5-22,29-30,32,38,50-51H,23-28,31H2,1-4H3,(H,55,56)(H2,57,58,59)/t38-/m1/s1. The van der Waals surface area contributed by atoms with Gasteiger partial charge in [0.1, 0.15) is 0 Å². The number of anilines is 4. The summed E-state index contributed by atoms with van der Waals surface area (Å²) in [5.41, 5.74) is 6.29. The van der Waals surface area contributed by atoms with Gasteiger partial charge in [0.25, 0.3) is 10.0 Å². The van der Waals surface area contributed by atoms with E-state index in [1.165, 1.54) is 23.9 Å². The SMILES string of the molecule is Cc1c(C(=O)O)c(-c2cccc(N3CCN(c4ccc(NS(=O)(=O)c5ccc(N[C@H](CCOP(=O)(O)O)CSc6ccccc6)c(S(C)(=O)=O)c5)cc4)CC3)c2)c(-c2ccc(Cl)cc2)n1C(C)C. The highest BCUT2D eigenvalue weighted by molar-refractivity contribution is 7.99. The predicted octanol–water partition coefficient (Wildman–Crippen LogP) is 9.67. The number of nitrogens with one attached hydrogen (secondary N) is 2. The summed E-state index contributed by atoms with van der Waals surface area (Å²) >= 11 is 7.70. The Kier molecular flexibility index (Phi) is 15.7. The second-order valence-electron chi connectivity index (χ2n) is 16.6. The van der Waals surface area contributed by atoms with Crippen molar-refractivity contribution in [2.24, 2.45) is 0 Å². The monoisotopic (exact) mass is 1020 g/mol. The van der Waals surface area contributed by atoms with Gasteiger partial charge < -0.3 is 34.6 Å². The average Bonchev–Trinajstić information content (AvgIpc) is 3.61. The highest BCUT2D eigenvalue weighted by atomic mass is 35.5. The maximum absolute atomic E-state index is 13.7. The Morgan fingerprint density at radius 2 is 1.47 bits per heavy atom. The summed E-state index contributed by atoms with van der Waals surface area (Å²) in [4.78, 5) is 36.1. The number of nitrogens with zero attached hydrogens (tertiary/aromatic N) is 3. The van der Waals surface area contributed by atoms with E-state index in [1.807, 2.05) is 99.6 Å². The lowest BCUT2D eigenvalue weighted by atomic mass is 9.96. The van der Waals surface area contributed by atoms with E-state index < -0.39 is 39.7 Å². The van der Waals surface area contributed by atoms with Gasteiger partial charge in [-0.2, -0.15) is 0 Å². The van der Waals surface area contributed by atoms with Crippen molar-refractivity contribution in [1.82, 2.24) is 4.57 Å². The van der Waals surface area contributed by atoms with Gasteiger partial charge in [0.2, 0.25) is 0 Å². The molecule has 15 nitrogen and oxygen atoms in total. The van der Waals surface area contributed by atoms with E-state index in [0.717, 1.165) is 45.4 Å². The van der Waals surface area contributed by atoms with Crippen LogP contribution < -0.4 is 19.8 Å². The molecule has 7 rings (SSSR count). The minimum Gasteiger partial charge on any atom is -0.478 e. The van der Waals surface area contributed by atoms with Crippen LogP contribution in [0.4, 0.5) is 22.7 Å². The minimum atomic E-state index is -4.74. The molecule has 5 N–H and O–H groups in total. The summed E-state index contributed by atoms with van der Waals surface area (Å²) in [6.45, 7) is 8.26. The summed E-state index contributed by atoms with van der Waals surface area (Å²) < 4.78 is 74.2. The van der Waals surface area contributed by atoms with Gasteiger partial charge in [-0.05, 0) is 117 Å². The van der Waals surface area contributed by atoms with Crippen molar-refractivity contribution in [3.05, 3.63) is 138 Å². The molecule has 2 heterocycles. The molecular formula is C48H53ClN5O10PS3. The molecular weight excluding hydrogens is 969 g/mol. The van der Waals surface area contributed by atoms with Gasteiger partial charge in [0, 0.05) is 88.5 Å². The van der Waals surface area contributed by atoms with Crippen LogP contribution in [0.2, 0.25) is 5.02 Å². The zero-order valence-corrected chi connectivity index (χ0v) is 41.8. The quantitative estimate of drug-likeness (QED) is 0.0378. The van der Waals surface area contributed by atoms with E-state index in [1.54, 1.807) is 24.3 Å². The van der Waals surface area contributed by atoms with Crippen LogP contribution in [0.3, 0.4) is 0 Å².